The lowest BCUT2D eigenvalue weighted by molar-refractivity contribution is 0.0788. The van der Waals surface area contributed by atoms with Crippen LogP contribution in [0.15, 0.2) is 29.6 Å². The van der Waals surface area contributed by atoms with Crippen LogP contribution in [0.5, 0.6) is 0 Å². The number of thiophene rings is 1. The second kappa shape index (κ2) is 6.12. The van der Waals surface area contributed by atoms with Crippen LogP contribution >= 0.6 is 23.7 Å². The van der Waals surface area contributed by atoms with Crippen LogP contribution in [0.25, 0.3) is 10.1 Å². The topological polar surface area (TPSA) is 46.3 Å². The molecule has 1 aromatic carbocycles. The zero-order valence-electron chi connectivity index (χ0n) is 11.4. The molecule has 1 saturated heterocycles. The molecule has 1 fully saturated rings. The molecule has 1 aliphatic rings. The van der Waals surface area contributed by atoms with Gasteiger partial charge >= 0.3 is 0 Å². The number of likely N-dealkylation sites (tertiary alicyclic amines) is 1. The van der Waals surface area contributed by atoms with Crippen molar-refractivity contribution in [1.82, 2.24) is 4.90 Å². The summed E-state index contributed by atoms with van der Waals surface area (Å²) in [6.07, 6.45) is 1.02. The number of carbonyl (C=O) groups excluding carboxylic acids is 1. The first kappa shape index (κ1) is 15.3. The Bertz CT molecular complexity index is 611. The molecule has 2 aromatic rings. The summed E-state index contributed by atoms with van der Waals surface area (Å²) < 4.78 is 1.17. The third-order valence-corrected chi connectivity index (χ3v) is 4.93. The standard InChI is InChI=1S/C15H18N2OS.ClH/c1-10(16)11-6-7-17(8-11)15(18)13-9-19-14-5-3-2-4-12(13)14;/h2-5,9-11H,6-8,16H2,1H3;1H. The molecule has 1 aromatic heterocycles. The molecule has 1 amide bonds. The van der Waals surface area contributed by atoms with E-state index >= 15 is 0 Å². The smallest absolute Gasteiger partial charge is 0.255 e. The summed E-state index contributed by atoms with van der Waals surface area (Å²) in [5.74, 6) is 0.592. The molecule has 0 radical (unpaired) electrons. The van der Waals surface area contributed by atoms with Crippen LogP contribution < -0.4 is 5.73 Å². The van der Waals surface area contributed by atoms with E-state index in [2.05, 4.69) is 6.07 Å². The van der Waals surface area contributed by atoms with Crippen LogP contribution in [0.1, 0.15) is 23.7 Å². The molecular weight excluding hydrogens is 292 g/mol. The van der Waals surface area contributed by atoms with Crippen molar-refractivity contribution < 1.29 is 4.79 Å². The lowest BCUT2D eigenvalue weighted by atomic mass is 10.0. The third kappa shape index (κ3) is 2.68. The van der Waals surface area contributed by atoms with Gasteiger partial charge in [0.15, 0.2) is 0 Å². The van der Waals surface area contributed by atoms with Gasteiger partial charge < -0.3 is 10.6 Å². The van der Waals surface area contributed by atoms with Crippen LogP contribution in [0.4, 0.5) is 0 Å². The summed E-state index contributed by atoms with van der Waals surface area (Å²) in [4.78, 5) is 14.5. The van der Waals surface area contributed by atoms with E-state index in [9.17, 15) is 4.79 Å². The largest absolute Gasteiger partial charge is 0.338 e. The molecule has 2 unspecified atom stereocenters. The van der Waals surface area contributed by atoms with Crippen LogP contribution in [-0.4, -0.2) is 29.9 Å². The zero-order chi connectivity index (χ0) is 13.4. The number of hydrogen-bond acceptors (Lipinski definition) is 3. The quantitative estimate of drug-likeness (QED) is 0.926. The van der Waals surface area contributed by atoms with Gasteiger partial charge in [-0.05, 0) is 25.3 Å². The molecule has 1 aliphatic heterocycles. The maximum Gasteiger partial charge on any atom is 0.255 e. The van der Waals surface area contributed by atoms with Gasteiger partial charge in [-0.15, -0.1) is 23.7 Å². The molecule has 3 nitrogen and oxygen atoms in total. The number of hydrogen-bond donors (Lipinski definition) is 1. The maximum atomic E-state index is 12.6. The molecule has 20 heavy (non-hydrogen) atoms. The minimum Gasteiger partial charge on any atom is -0.338 e. The van der Waals surface area contributed by atoms with E-state index in [4.69, 9.17) is 5.73 Å². The summed E-state index contributed by atoms with van der Waals surface area (Å²) >= 11 is 1.64. The van der Waals surface area contributed by atoms with Gasteiger partial charge in [0.1, 0.15) is 0 Å². The van der Waals surface area contributed by atoms with Gasteiger partial charge in [-0.25, -0.2) is 0 Å². The van der Waals surface area contributed by atoms with Crippen molar-refractivity contribution in [2.45, 2.75) is 19.4 Å². The van der Waals surface area contributed by atoms with Crippen molar-refractivity contribution in [2.24, 2.45) is 11.7 Å². The Kier molecular flexibility index (Phi) is 4.68. The fourth-order valence-electron chi connectivity index (χ4n) is 2.71. The van der Waals surface area contributed by atoms with Gasteiger partial charge in [0.25, 0.3) is 5.91 Å². The monoisotopic (exact) mass is 310 g/mol. The molecule has 2 atom stereocenters. The second-order valence-corrected chi connectivity index (χ2v) is 6.22. The number of carbonyl (C=O) groups is 1. The molecule has 3 rings (SSSR count). The van der Waals surface area contributed by atoms with E-state index in [0.29, 0.717) is 5.92 Å². The van der Waals surface area contributed by atoms with E-state index in [-0.39, 0.29) is 24.4 Å². The summed E-state index contributed by atoms with van der Waals surface area (Å²) in [6.45, 7) is 3.65. The molecule has 108 valence electrons. The molecule has 0 aliphatic carbocycles. The number of fused-ring (bicyclic) bond motifs is 1. The average molecular weight is 311 g/mol. The van der Waals surface area contributed by atoms with Crippen LogP contribution in [-0.2, 0) is 0 Å². The molecule has 0 bridgehead atoms. The third-order valence-electron chi connectivity index (χ3n) is 3.97. The van der Waals surface area contributed by atoms with E-state index < -0.39 is 0 Å². The summed E-state index contributed by atoms with van der Waals surface area (Å²) in [7, 11) is 0. The van der Waals surface area contributed by atoms with Crippen molar-refractivity contribution in [3.63, 3.8) is 0 Å². The van der Waals surface area contributed by atoms with Crippen molar-refractivity contribution in [3.8, 4) is 0 Å². The van der Waals surface area contributed by atoms with E-state index in [1.54, 1.807) is 11.3 Å². The first-order valence-corrected chi connectivity index (χ1v) is 7.56. The predicted molar refractivity (Wildman–Crippen MR) is 86.7 cm³/mol. The number of nitrogens with two attached hydrogens (primary N) is 1. The number of benzene rings is 1. The molecular formula is C15H19ClN2OS. The summed E-state index contributed by atoms with van der Waals surface area (Å²) in [5.41, 5.74) is 6.77. The Labute approximate surface area is 129 Å². The Balaban J connectivity index is 0.00000147. The zero-order valence-corrected chi connectivity index (χ0v) is 13.0. The highest BCUT2D eigenvalue weighted by molar-refractivity contribution is 7.17. The van der Waals surface area contributed by atoms with E-state index in [1.807, 2.05) is 35.4 Å². The molecule has 0 spiro atoms. The van der Waals surface area contributed by atoms with Gasteiger partial charge in [0.2, 0.25) is 0 Å². The molecule has 5 heteroatoms. The van der Waals surface area contributed by atoms with E-state index in [1.165, 1.54) is 4.70 Å². The highest BCUT2D eigenvalue weighted by Gasteiger charge is 2.29. The van der Waals surface area contributed by atoms with Gasteiger partial charge in [-0.2, -0.15) is 0 Å². The normalized spacial score (nSPS) is 19.9. The Morgan fingerprint density at radius 1 is 1.45 bits per heavy atom. The SMILES string of the molecule is CC(N)C1CCN(C(=O)c2csc3ccccc23)C1.Cl. The first-order chi connectivity index (χ1) is 9.16. The first-order valence-electron chi connectivity index (χ1n) is 6.68. The Morgan fingerprint density at radius 2 is 2.20 bits per heavy atom. The highest BCUT2D eigenvalue weighted by atomic mass is 35.5. The minimum absolute atomic E-state index is 0. The average Bonchev–Trinajstić information content (AvgIpc) is 3.05. The van der Waals surface area contributed by atoms with Crippen molar-refractivity contribution in [3.05, 3.63) is 35.2 Å². The van der Waals surface area contributed by atoms with Gasteiger partial charge in [0.05, 0.1) is 5.56 Å². The summed E-state index contributed by atoms with van der Waals surface area (Å²) in [5, 5.41) is 3.05. The van der Waals surface area contributed by atoms with Crippen LogP contribution in [0.3, 0.4) is 0 Å². The lowest BCUT2D eigenvalue weighted by Gasteiger charge is -2.17. The van der Waals surface area contributed by atoms with Gasteiger partial charge in [0, 0.05) is 34.6 Å². The molecule has 2 heterocycles. The predicted octanol–water partition coefficient (Wildman–Crippen LogP) is 3.13. The van der Waals surface area contributed by atoms with Gasteiger partial charge in [-0.1, -0.05) is 18.2 Å². The Morgan fingerprint density at radius 3 is 2.90 bits per heavy atom. The number of rotatable bonds is 2. The van der Waals surface area contributed by atoms with Crippen LogP contribution in [0, 0.1) is 5.92 Å². The second-order valence-electron chi connectivity index (χ2n) is 5.30. The summed E-state index contributed by atoms with van der Waals surface area (Å²) in [6, 6.07) is 8.25. The fraction of sp³-hybridized carbons (Fsp3) is 0.400. The van der Waals surface area contributed by atoms with Crippen molar-refractivity contribution >= 4 is 39.7 Å². The highest BCUT2D eigenvalue weighted by Crippen LogP contribution is 2.28. The van der Waals surface area contributed by atoms with Crippen LogP contribution in [0.2, 0.25) is 0 Å². The number of halogens is 1. The Hall–Kier alpha value is -1.10. The fourth-order valence-corrected chi connectivity index (χ4v) is 3.65. The van der Waals surface area contributed by atoms with Crippen molar-refractivity contribution in [1.29, 1.82) is 0 Å². The minimum atomic E-state index is 0. The lowest BCUT2D eigenvalue weighted by Crippen LogP contribution is -2.32. The maximum absolute atomic E-state index is 12.6. The molecule has 2 N–H and O–H groups in total. The van der Waals surface area contributed by atoms with Crippen molar-refractivity contribution in [2.75, 3.05) is 13.1 Å². The van der Waals surface area contributed by atoms with E-state index in [0.717, 1.165) is 30.5 Å². The van der Waals surface area contributed by atoms with Gasteiger partial charge in [-0.3, -0.25) is 4.79 Å². The molecule has 0 saturated carbocycles. The number of amides is 1. The number of nitrogens with zero attached hydrogens (tertiary/aromatic N) is 1.